The van der Waals surface area contributed by atoms with E-state index in [1.54, 1.807) is 29.5 Å². The number of thiophene rings is 1. The topological polar surface area (TPSA) is 24.8 Å². The van der Waals surface area contributed by atoms with Crippen LogP contribution in [0.4, 0.5) is 4.39 Å². The molecule has 2 aliphatic rings. The van der Waals surface area contributed by atoms with Crippen LogP contribution in [-0.2, 0) is 0 Å². The van der Waals surface area contributed by atoms with Crippen LogP contribution in [0, 0.1) is 5.82 Å². The minimum atomic E-state index is -0.604. The molecular weight excluding hydrogens is 371 g/mol. The number of hydrogen-bond donors (Lipinski definition) is 0. The number of benzene rings is 2. The molecule has 0 spiro atoms. The van der Waals surface area contributed by atoms with E-state index in [2.05, 4.69) is 6.07 Å². The second-order valence-corrected chi connectivity index (χ2v) is 7.68. The second-order valence-electron chi connectivity index (χ2n) is 6.30. The molecule has 0 unspecified atom stereocenters. The van der Waals surface area contributed by atoms with Crippen molar-refractivity contribution < 1.29 is 9.13 Å². The summed E-state index contributed by atoms with van der Waals surface area (Å²) in [6, 6.07) is 16.3. The number of ether oxygens (including phenoxy) is 1. The fraction of sp³-hybridized carbons (Fsp3) is 0.150. The van der Waals surface area contributed by atoms with Gasteiger partial charge in [0.25, 0.3) is 0 Å². The van der Waals surface area contributed by atoms with Gasteiger partial charge >= 0.3 is 0 Å². The van der Waals surface area contributed by atoms with E-state index < -0.39 is 6.23 Å². The van der Waals surface area contributed by atoms with Crippen molar-refractivity contribution in [3.63, 3.8) is 0 Å². The van der Waals surface area contributed by atoms with Crippen molar-refractivity contribution in [3.05, 3.63) is 86.8 Å². The number of rotatable bonds is 2. The van der Waals surface area contributed by atoms with E-state index >= 15 is 0 Å². The molecule has 0 saturated carbocycles. The van der Waals surface area contributed by atoms with Crippen LogP contribution in [0.15, 0.2) is 65.1 Å². The van der Waals surface area contributed by atoms with Crippen LogP contribution < -0.4 is 4.74 Å². The van der Waals surface area contributed by atoms with Gasteiger partial charge in [-0.2, -0.15) is 5.10 Å². The molecule has 3 nitrogen and oxygen atoms in total. The molecular formula is C20H14ClFN2OS. The average molecular weight is 385 g/mol. The quantitative estimate of drug-likeness (QED) is 0.559. The van der Waals surface area contributed by atoms with E-state index in [-0.39, 0.29) is 11.9 Å². The Bertz CT molecular complexity index is 1000. The predicted molar refractivity (Wildman–Crippen MR) is 101 cm³/mol. The van der Waals surface area contributed by atoms with Crippen molar-refractivity contribution in [1.29, 1.82) is 0 Å². The number of halogens is 2. The summed E-state index contributed by atoms with van der Waals surface area (Å²) in [4.78, 5) is 1.12. The van der Waals surface area contributed by atoms with Gasteiger partial charge in [-0.1, -0.05) is 35.9 Å². The first-order valence-electron chi connectivity index (χ1n) is 8.31. The normalized spacial score (nSPS) is 21.0. The Balaban J connectivity index is 1.64. The molecule has 130 valence electrons. The maximum absolute atomic E-state index is 14.5. The number of nitrogens with zero attached hydrogens (tertiary/aromatic N) is 2. The van der Waals surface area contributed by atoms with E-state index in [0.717, 1.165) is 28.3 Å². The Morgan fingerprint density at radius 1 is 1.12 bits per heavy atom. The summed E-state index contributed by atoms with van der Waals surface area (Å²) in [7, 11) is 0. The fourth-order valence-electron chi connectivity index (χ4n) is 3.53. The van der Waals surface area contributed by atoms with Gasteiger partial charge in [-0.25, -0.2) is 9.40 Å². The van der Waals surface area contributed by atoms with E-state index in [9.17, 15) is 4.39 Å². The molecule has 0 N–H and O–H groups in total. The molecule has 0 fully saturated rings. The van der Waals surface area contributed by atoms with Crippen LogP contribution in [0.2, 0.25) is 5.02 Å². The Morgan fingerprint density at radius 3 is 2.81 bits per heavy atom. The zero-order valence-electron chi connectivity index (χ0n) is 13.6. The molecule has 5 rings (SSSR count). The van der Waals surface area contributed by atoms with Crippen LogP contribution in [0.3, 0.4) is 0 Å². The Hall–Kier alpha value is -2.37. The lowest BCUT2D eigenvalue weighted by Gasteiger charge is -2.38. The van der Waals surface area contributed by atoms with Gasteiger partial charge in [0.05, 0.1) is 22.2 Å². The number of fused-ring (bicyclic) bond motifs is 3. The van der Waals surface area contributed by atoms with Gasteiger partial charge in [0, 0.05) is 17.0 Å². The third-order valence-electron chi connectivity index (χ3n) is 4.73. The minimum Gasteiger partial charge on any atom is -0.464 e. The molecule has 1 aromatic heterocycles. The first-order chi connectivity index (χ1) is 12.7. The highest BCUT2D eigenvalue weighted by molar-refractivity contribution is 7.12. The Morgan fingerprint density at radius 2 is 2.00 bits per heavy atom. The summed E-state index contributed by atoms with van der Waals surface area (Å²) in [5, 5.41) is 9.36. The smallest absolute Gasteiger partial charge is 0.216 e. The van der Waals surface area contributed by atoms with Crippen LogP contribution in [-0.4, -0.2) is 10.7 Å². The van der Waals surface area contributed by atoms with Gasteiger partial charge in [-0.3, -0.25) is 0 Å². The third kappa shape index (κ3) is 2.50. The van der Waals surface area contributed by atoms with Gasteiger partial charge in [-0.05, 0) is 35.7 Å². The summed E-state index contributed by atoms with van der Waals surface area (Å²) < 4.78 is 20.6. The van der Waals surface area contributed by atoms with E-state index in [4.69, 9.17) is 21.4 Å². The summed E-state index contributed by atoms with van der Waals surface area (Å²) >= 11 is 7.86. The molecule has 0 bridgehead atoms. The Labute approximate surface area is 159 Å². The molecule has 0 aliphatic carbocycles. The van der Waals surface area contributed by atoms with Crippen LogP contribution in [0.25, 0.3) is 0 Å². The van der Waals surface area contributed by atoms with Crippen LogP contribution in [0.5, 0.6) is 5.75 Å². The highest BCUT2D eigenvalue weighted by Gasteiger charge is 2.42. The van der Waals surface area contributed by atoms with E-state index in [1.165, 1.54) is 6.07 Å². The molecule has 0 amide bonds. The molecule has 3 heterocycles. The molecule has 3 aromatic rings. The summed E-state index contributed by atoms with van der Waals surface area (Å²) in [5.41, 5.74) is 2.46. The first-order valence-corrected chi connectivity index (χ1v) is 9.57. The van der Waals surface area contributed by atoms with Gasteiger partial charge in [0.15, 0.2) is 0 Å². The van der Waals surface area contributed by atoms with E-state index in [0.29, 0.717) is 10.6 Å². The number of hydrazone groups is 1. The third-order valence-corrected chi connectivity index (χ3v) is 5.88. The monoisotopic (exact) mass is 384 g/mol. The highest BCUT2D eigenvalue weighted by Crippen LogP contribution is 2.48. The first kappa shape index (κ1) is 15.9. The molecule has 0 radical (unpaired) electrons. The zero-order chi connectivity index (χ0) is 17.7. The number of hydrogen-bond acceptors (Lipinski definition) is 4. The molecule has 6 heteroatoms. The zero-order valence-corrected chi connectivity index (χ0v) is 15.2. The van der Waals surface area contributed by atoms with Crippen molar-refractivity contribution in [2.75, 3.05) is 0 Å². The lowest BCUT2D eigenvalue weighted by atomic mass is 9.97. The molecule has 0 saturated heterocycles. The molecule has 2 atom stereocenters. The van der Waals surface area contributed by atoms with Crippen molar-refractivity contribution in [2.24, 2.45) is 5.10 Å². The second kappa shape index (κ2) is 6.11. The SMILES string of the molecule is Fc1ccccc1[C@H]1Oc2ccc(Cl)cc2[C@@H]2CC(c3cccs3)=NN12. The molecule has 2 aliphatic heterocycles. The summed E-state index contributed by atoms with van der Waals surface area (Å²) in [6.45, 7) is 0. The maximum Gasteiger partial charge on any atom is 0.216 e. The van der Waals surface area contributed by atoms with Crippen molar-refractivity contribution in [2.45, 2.75) is 18.7 Å². The van der Waals surface area contributed by atoms with Crippen LogP contribution in [0.1, 0.15) is 34.7 Å². The van der Waals surface area contributed by atoms with E-state index in [1.807, 2.05) is 34.7 Å². The van der Waals surface area contributed by atoms with Crippen molar-refractivity contribution in [1.82, 2.24) is 5.01 Å². The lowest BCUT2D eigenvalue weighted by molar-refractivity contribution is -0.0211. The fourth-order valence-corrected chi connectivity index (χ4v) is 4.43. The summed E-state index contributed by atoms with van der Waals surface area (Å²) in [6.07, 6.45) is 0.134. The van der Waals surface area contributed by atoms with Crippen LogP contribution >= 0.6 is 22.9 Å². The maximum atomic E-state index is 14.5. The minimum absolute atomic E-state index is 0.0286. The lowest BCUT2D eigenvalue weighted by Crippen LogP contribution is -2.34. The summed E-state index contributed by atoms with van der Waals surface area (Å²) in [5.74, 6) is 0.431. The van der Waals surface area contributed by atoms with Gasteiger partial charge in [0.1, 0.15) is 11.6 Å². The molecule has 2 aromatic carbocycles. The average Bonchev–Trinajstić information content (AvgIpc) is 3.31. The predicted octanol–water partition coefficient (Wildman–Crippen LogP) is 5.78. The van der Waals surface area contributed by atoms with Crippen molar-refractivity contribution in [3.8, 4) is 5.75 Å². The largest absolute Gasteiger partial charge is 0.464 e. The van der Waals surface area contributed by atoms with Gasteiger partial charge < -0.3 is 4.74 Å². The molecule has 26 heavy (non-hydrogen) atoms. The van der Waals surface area contributed by atoms with Gasteiger partial charge in [0.2, 0.25) is 6.23 Å². The highest BCUT2D eigenvalue weighted by atomic mass is 35.5. The standard InChI is InChI=1S/C20H14ClFN2OS/c21-12-7-8-18-14(10-12)17-11-16(19-6-3-9-26-19)23-24(17)20(25-18)13-4-1-2-5-15(13)22/h1-10,17,20H,11H2/t17-,20+/m0/s1. The van der Waals surface area contributed by atoms with Crippen molar-refractivity contribution >= 4 is 28.6 Å². The Kier molecular flexibility index (Phi) is 3.72. The van der Waals surface area contributed by atoms with Gasteiger partial charge in [-0.15, -0.1) is 11.3 Å².